The summed E-state index contributed by atoms with van der Waals surface area (Å²) in [4.78, 5) is 16.8. The highest BCUT2D eigenvalue weighted by Crippen LogP contribution is 2.31. The number of carbonyl (C=O) groups is 1. The van der Waals surface area contributed by atoms with Crippen molar-refractivity contribution in [1.82, 2.24) is 9.71 Å². The summed E-state index contributed by atoms with van der Waals surface area (Å²) in [6.45, 7) is 3.24. The number of rotatable bonds is 7. The molecule has 168 valence electrons. The molecule has 1 aliphatic carbocycles. The maximum atomic E-state index is 13.9. The Morgan fingerprint density at radius 3 is 2.52 bits per heavy atom. The molecule has 7 nitrogen and oxygen atoms in total. The van der Waals surface area contributed by atoms with E-state index in [2.05, 4.69) is 15.0 Å². The first-order valence-corrected chi connectivity index (χ1v) is 11.6. The normalized spacial score (nSPS) is 19.3. The minimum Gasteiger partial charge on any atom is -0.434 e. The van der Waals surface area contributed by atoms with Crippen molar-refractivity contribution < 1.29 is 26.7 Å². The topological polar surface area (TPSA) is 97.4 Å². The fourth-order valence-electron chi connectivity index (χ4n) is 3.31. The van der Waals surface area contributed by atoms with Gasteiger partial charge in [0.25, 0.3) is 0 Å². The molecule has 1 amide bonds. The molecule has 0 saturated heterocycles. The predicted molar refractivity (Wildman–Crippen MR) is 112 cm³/mol. The highest BCUT2D eigenvalue weighted by molar-refractivity contribution is 7.90. The van der Waals surface area contributed by atoms with Crippen LogP contribution in [0.5, 0.6) is 11.6 Å². The summed E-state index contributed by atoms with van der Waals surface area (Å²) in [6.07, 6.45) is 3.60. The highest BCUT2D eigenvalue weighted by atomic mass is 32.2. The number of hydrogen-bond acceptors (Lipinski definition) is 5. The summed E-state index contributed by atoms with van der Waals surface area (Å²) in [5.74, 6) is -2.39. The Labute approximate surface area is 180 Å². The van der Waals surface area contributed by atoms with Crippen LogP contribution in [0.2, 0.25) is 0 Å². The average molecular weight is 454 g/mol. The minimum absolute atomic E-state index is 0.0141. The van der Waals surface area contributed by atoms with E-state index in [0.29, 0.717) is 31.7 Å². The molecular weight excluding hydrogens is 428 g/mol. The number of halogens is 2. The molecule has 0 atom stereocenters. The molecule has 0 aliphatic heterocycles. The van der Waals surface area contributed by atoms with Gasteiger partial charge in [-0.05, 0) is 63.8 Å². The zero-order valence-electron chi connectivity index (χ0n) is 17.3. The van der Waals surface area contributed by atoms with Crippen molar-refractivity contribution >= 4 is 21.6 Å². The lowest BCUT2D eigenvalue weighted by molar-refractivity contribution is -0.120. The van der Waals surface area contributed by atoms with Crippen LogP contribution in [-0.4, -0.2) is 30.6 Å². The third kappa shape index (κ3) is 5.98. The number of benzene rings is 1. The van der Waals surface area contributed by atoms with Crippen LogP contribution in [0.25, 0.3) is 0 Å². The van der Waals surface area contributed by atoms with Gasteiger partial charge >= 0.3 is 0 Å². The third-order valence-corrected chi connectivity index (χ3v) is 7.08. The van der Waals surface area contributed by atoms with E-state index >= 15 is 0 Å². The lowest BCUT2D eigenvalue weighted by atomic mass is 9.86. The monoisotopic (exact) mass is 453 g/mol. The van der Waals surface area contributed by atoms with Gasteiger partial charge in [-0.1, -0.05) is 0 Å². The maximum Gasteiger partial charge on any atom is 0.243 e. The van der Waals surface area contributed by atoms with Gasteiger partial charge in [0.2, 0.25) is 21.8 Å². The molecule has 0 unspecified atom stereocenters. The molecule has 1 fully saturated rings. The number of carbonyl (C=O) groups excluding carboxylic acids is 1. The van der Waals surface area contributed by atoms with E-state index in [1.54, 1.807) is 26.0 Å². The predicted octanol–water partition coefficient (Wildman–Crippen LogP) is 3.98. The van der Waals surface area contributed by atoms with Gasteiger partial charge in [-0.2, -0.15) is 0 Å². The van der Waals surface area contributed by atoms with Crippen molar-refractivity contribution in [2.45, 2.75) is 50.8 Å². The molecule has 2 N–H and O–H groups in total. The van der Waals surface area contributed by atoms with Crippen LogP contribution in [0.15, 0.2) is 36.5 Å². The molecule has 1 aromatic carbocycles. The standard InChI is InChI=1S/C21H25F2N3O4S/c1-13(2)31(28,29)26-16-8-5-14(6-9-16)20(27)25-18-4-3-11-24-21(18)30-19-10-7-15(22)12-17(19)23/h3-4,7,10-14,16,26H,5-6,8-9H2,1-2H3,(H,25,27). The van der Waals surface area contributed by atoms with Gasteiger partial charge in [0.15, 0.2) is 11.6 Å². The Morgan fingerprint density at radius 1 is 1.16 bits per heavy atom. The van der Waals surface area contributed by atoms with Crippen molar-refractivity contribution in [3.8, 4) is 11.6 Å². The van der Waals surface area contributed by atoms with E-state index in [-0.39, 0.29) is 35.2 Å². The zero-order chi connectivity index (χ0) is 22.6. The molecule has 0 spiro atoms. The quantitative estimate of drug-likeness (QED) is 0.661. The van der Waals surface area contributed by atoms with Crippen molar-refractivity contribution in [2.75, 3.05) is 5.32 Å². The molecule has 31 heavy (non-hydrogen) atoms. The summed E-state index contributed by atoms with van der Waals surface area (Å²) in [7, 11) is -3.36. The number of aromatic nitrogens is 1. The number of amides is 1. The first kappa shape index (κ1) is 23.1. The number of ether oxygens (including phenoxy) is 1. The van der Waals surface area contributed by atoms with Crippen LogP contribution in [0.4, 0.5) is 14.5 Å². The molecule has 1 aromatic heterocycles. The lowest BCUT2D eigenvalue weighted by Crippen LogP contribution is -2.42. The first-order valence-electron chi connectivity index (χ1n) is 10.1. The Morgan fingerprint density at radius 2 is 1.87 bits per heavy atom. The summed E-state index contributed by atoms with van der Waals surface area (Å²) < 4.78 is 59.2. The molecular formula is C21H25F2N3O4S. The average Bonchev–Trinajstić information content (AvgIpc) is 2.71. The number of nitrogens with zero attached hydrogens (tertiary/aromatic N) is 1. The molecule has 0 radical (unpaired) electrons. The van der Waals surface area contributed by atoms with E-state index in [9.17, 15) is 22.0 Å². The van der Waals surface area contributed by atoms with Gasteiger partial charge < -0.3 is 10.1 Å². The van der Waals surface area contributed by atoms with Gasteiger partial charge in [-0.15, -0.1) is 0 Å². The Kier molecular flexibility index (Phi) is 7.22. The van der Waals surface area contributed by atoms with Crippen molar-refractivity contribution in [1.29, 1.82) is 0 Å². The molecule has 2 aromatic rings. The SMILES string of the molecule is CC(C)S(=O)(=O)NC1CCC(C(=O)Nc2cccnc2Oc2ccc(F)cc2F)CC1. The second-order valence-electron chi connectivity index (χ2n) is 7.78. The second-order valence-corrected chi connectivity index (χ2v) is 10.1. The second kappa shape index (κ2) is 9.69. The van der Waals surface area contributed by atoms with E-state index in [1.165, 1.54) is 6.20 Å². The van der Waals surface area contributed by atoms with Gasteiger partial charge in [0, 0.05) is 24.2 Å². The molecule has 1 saturated carbocycles. The summed E-state index contributed by atoms with van der Waals surface area (Å²) in [5, 5.41) is 2.24. The highest BCUT2D eigenvalue weighted by Gasteiger charge is 2.30. The van der Waals surface area contributed by atoms with Gasteiger partial charge in [0.05, 0.1) is 5.25 Å². The van der Waals surface area contributed by atoms with Crippen molar-refractivity contribution in [3.63, 3.8) is 0 Å². The van der Waals surface area contributed by atoms with Crippen LogP contribution in [0, 0.1) is 17.6 Å². The van der Waals surface area contributed by atoms with E-state index < -0.39 is 26.9 Å². The van der Waals surface area contributed by atoms with E-state index in [0.717, 1.165) is 12.1 Å². The molecule has 10 heteroatoms. The Hall–Kier alpha value is -2.59. The maximum absolute atomic E-state index is 13.9. The first-order chi connectivity index (χ1) is 14.7. The summed E-state index contributed by atoms with van der Waals surface area (Å²) in [6, 6.07) is 5.89. The van der Waals surface area contributed by atoms with Crippen LogP contribution in [-0.2, 0) is 14.8 Å². The van der Waals surface area contributed by atoms with Crippen LogP contribution >= 0.6 is 0 Å². The Balaban J connectivity index is 1.62. The molecule has 1 heterocycles. The summed E-state index contributed by atoms with van der Waals surface area (Å²) >= 11 is 0. The largest absolute Gasteiger partial charge is 0.434 e. The minimum atomic E-state index is -3.36. The number of hydrogen-bond donors (Lipinski definition) is 2. The fraction of sp³-hybridized carbons (Fsp3) is 0.429. The number of anilines is 1. The Bertz CT molecular complexity index is 1040. The third-order valence-electron chi connectivity index (χ3n) is 5.18. The number of nitrogens with one attached hydrogen (secondary N) is 2. The van der Waals surface area contributed by atoms with Gasteiger partial charge in [-0.3, -0.25) is 4.79 Å². The van der Waals surface area contributed by atoms with Crippen LogP contribution < -0.4 is 14.8 Å². The lowest BCUT2D eigenvalue weighted by Gasteiger charge is -2.28. The number of pyridine rings is 1. The van der Waals surface area contributed by atoms with Crippen LogP contribution in [0.3, 0.4) is 0 Å². The molecule has 0 bridgehead atoms. The van der Waals surface area contributed by atoms with Crippen molar-refractivity contribution in [2.24, 2.45) is 5.92 Å². The van der Waals surface area contributed by atoms with Gasteiger partial charge in [-0.25, -0.2) is 26.9 Å². The zero-order valence-corrected chi connectivity index (χ0v) is 18.1. The van der Waals surface area contributed by atoms with Gasteiger partial charge in [0.1, 0.15) is 11.5 Å². The van der Waals surface area contributed by atoms with Crippen molar-refractivity contribution in [3.05, 3.63) is 48.2 Å². The van der Waals surface area contributed by atoms with E-state index in [1.807, 2.05) is 0 Å². The number of sulfonamides is 1. The summed E-state index contributed by atoms with van der Waals surface area (Å²) in [5.41, 5.74) is 0.263. The fourth-order valence-corrected chi connectivity index (χ4v) is 4.28. The van der Waals surface area contributed by atoms with Crippen LogP contribution in [0.1, 0.15) is 39.5 Å². The molecule has 3 rings (SSSR count). The molecule has 1 aliphatic rings. The van der Waals surface area contributed by atoms with E-state index in [4.69, 9.17) is 4.74 Å². The smallest absolute Gasteiger partial charge is 0.243 e.